The first-order valence-corrected chi connectivity index (χ1v) is 4.62. The topological polar surface area (TPSA) is 0 Å². The largest absolute Gasteiger partial charge is 0.0882 e. The molecule has 0 amide bonds. The molecule has 2 atom stereocenters. The molecule has 1 fully saturated rings. The third-order valence-electron chi connectivity index (χ3n) is 3.11. The van der Waals surface area contributed by atoms with Gasteiger partial charge >= 0.3 is 0 Å². The second kappa shape index (κ2) is 2.77. The lowest BCUT2D eigenvalue weighted by Gasteiger charge is -2.32. The molecule has 0 aromatic carbocycles. The van der Waals surface area contributed by atoms with Crippen LogP contribution in [0.1, 0.15) is 38.5 Å². The molecule has 0 aromatic heterocycles. The molecule has 0 nitrogen and oxygen atoms in total. The van der Waals surface area contributed by atoms with Crippen LogP contribution in [-0.2, 0) is 0 Å². The fraction of sp³-hybridized carbons (Fsp3) is 0.800. The molecule has 56 valence electrons. The molecular weight excluding hydrogens is 120 g/mol. The lowest BCUT2D eigenvalue weighted by molar-refractivity contribution is 0.231. The zero-order valence-corrected chi connectivity index (χ0v) is 6.55. The van der Waals surface area contributed by atoms with Crippen molar-refractivity contribution in [3.05, 3.63) is 12.2 Å². The maximum Gasteiger partial charge on any atom is -0.0319 e. The van der Waals surface area contributed by atoms with Crippen molar-refractivity contribution >= 4 is 0 Å². The van der Waals surface area contributed by atoms with Gasteiger partial charge in [-0.25, -0.2) is 0 Å². The SMILES string of the molecule is C1=CC[C@H]2CCCC[C@H]2C1. The van der Waals surface area contributed by atoms with E-state index in [9.17, 15) is 0 Å². The highest BCUT2D eigenvalue weighted by Gasteiger charge is 2.24. The van der Waals surface area contributed by atoms with Crippen molar-refractivity contribution in [3.63, 3.8) is 0 Å². The van der Waals surface area contributed by atoms with E-state index in [2.05, 4.69) is 12.2 Å². The molecule has 0 saturated heterocycles. The molecule has 2 aliphatic rings. The van der Waals surface area contributed by atoms with Crippen molar-refractivity contribution < 1.29 is 0 Å². The fourth-order valence-corrected chi connectivity index (χ4v) is 2.45. The molecule has 10 heavy (non-hydrogen) atoms. The van der Waals surface area contributed by atoms with Gasteiger partial charge in [0.05, 0.1) is 0 Å². The van der Waals surface area contributed by atoms with E-state index in [1.54, 1.807) is 0 Å². The highest BCUT2D eigenvalue weighted by Crippen LogP contribution is 2.37. The molecule has 0 heteroatoms. The van der Waals surface area contributed by atoms with Crippen molar-refractivity contribution in [1.29, 1.82) is 0 Å². The van der Waals surface area contributed by atoms with Gasteiger partial charge in [0, 0.05) is 0 Å². The Morgan fingerprint density at radius 3 is 1.80 bits per heavy atom. The summed E-state index contributed by atoms with van der Waals surface area (Å²) in [6, 6.07) is 0. The van der Waals surface area contributed by atoms with E-state index in [-0.39, 0.29) is 0 Å². The number of fused-ring (bicyclic) bond motifs is 1. The summed E-state index contributed by atoms with van der Waals surface area (Å²) in [7, 11) is 0. The summed E-state index contributed by atoms with van der Waals surface area (Å²) in [5.41, 5.74) is 0. The third kappa shape index (κ3) is 1.12. The van der Waals surface area contributed by atoms with Gasteiger partial charge in [-0.2, -0.15) is 0 Å². The van der Waals surface area contributed by atoms with Crippen LogP contribution in [0.2, 0.25) is 0 Å². The maximum absolute atomic E-state index is 2.38. The molecule has 0 heterocycles. The minimum absolute atomic E-state index is 1.07. The summed E-state index contributed by atoms with van der Waals surface area (Å²) in [5, 5.41) is 0. The van der Waals surface area contributed by atoms with Crippen LogP contribution in [0.25, 0.3) is 0 Å². The average Bonchev–Trinajstić information content (AvgIpc) is 2.05. The summed E-state index contributed by atoms with van der Waals surface area (Å²) in [4.78, 5) is 0. The van der Waals surface area contributed by atoms with Crippen LogP contribution in [0, 0.1) is 11.8 Å². The first-order valence-electron chi connectivity index (χ1n) is 4.62. The first kappa shape index (κ1) is 6.45. The zero-order valence-electron chi connectivity index (χ0n) is 6.55. The molecule has 0 aliphatic heterocycles. The monoisotopic (exact) mass is 136 g/mol. The Balaban J connectivity index is 2.01. The van der Waals surface area contributed by atoms with Gasteiger partial charge in [-0.1, -0.05) is 25.0 Å². The molecule has 0 radical (unpaired) electrons. The summed E-state index contributed by atoms with van der Waals surface area (Å²) < 4.78 is 0. The number of allylic oxidation sites excluding steroid dienone is 2. The Labute approximate surface area is 63.3 Å². The molecule has 0 bridgehead atoms. The minimum atomic E-state index is 1.07. The van der Waals surface area contributed by atoms with Crippen molar-refractivity contribution in [1.82, 2.24) is 0 Å². The van der Waals surface area contributed by atoms with E-state index in [4.69, 9.17) is 0 Å². The lowest BCUT2D eigenvalue weighted by atomic mass is 9.73. The van der Waals surface area contributed by atoms with Crippen LogP contribution in [0.3, 0.4) is 0 Å². The van der Waals surface area contributed by atoms with Crippen LogP contribution in [0.5, 0.6) is 0 Å². The van der Waals surface area contributed by atoms with Gasteiger partial charge in [-0.15, -0.1) is 0 Å². The Hall–Kier alpha value is -0.260. The van der Waals surface area contributed by atoms with E-state index in [0.29, 0.717) is 0 Å². The van der Waals surface area contributed by atoms with Gasteiger partial charge in [0.25, 0.3) is 0 Å². The van der Waals surface area contributed by atoms with Gasteiger partial charge in [0.2, 0.25) is 0 Å². The molecule has 0 unspecified atom stereocenters. The molecule has 2 rings (SSSR count). The summed E-state index contributed by atoms with van der Waals surface area (Å²) in [6.45, 7) is 0. The fourth-order valence-electron chi connectivity index (χ4n) is 2.45. The normalized spacial score (nSPS) is 39.2. The highest BCUT2D eigenvalue weighted by atomic mass is 14.3. The smallest absolute Gasteiger partial charge is 0.0319 e. The van der Waals surface area contributed by atoms with Crippen LogP contribution >= 0.6 is 0 Å². The second-order valence-corrected chi connectivity index (χ2v) is 3.75. The van der Waals surface area contributed by atoms with Crippen molar-refractivity contribution in [2.45, 2.75) is 38.5 Å². The Kier molecular flexibility index (Phi) is 1.79. The molecule has 0 N–H and O–H groups in total. The molecular formula is C10H16. The predicted molar refractivity (Wildman–Crippen MR) is 43.8 cm³/mol. The zero-order chi connectivity index (χ0) is 6.81. The lowest BCUT2D eigenvalue weighted by Crippen LogP contribution is -2.20. The Bertz CT molecular complexity index is 119. The van der Waals surface area contributed by atoms with Crippen molar-refractivity contribution in [2.75, 3.05) is 0 Å². The Morgan fingerprint density at radius 1 is 0.800 bits per heavy atom. The highest BCUT2D eigenvalue weighted by molar-refractivity contribution is 4.95. The second-order valence-electron chi connectivity index (χ2n) is 3.75. The maximum atomic E-state index is 2.38. The third-order valence-corrected chi connectivity index (χ3v) is 3.11. The van der Waals surface area contributed by atoms with E-state index in [1.807, 2.05) is 0 Å². The van der Waals surface area contributed by atoms with Gasteiger partial charge in [0.1, 0.15) is 0 Å². The molecule has 0 spiro atoms. The molecule has 0 aromatic rings. The Morgan fingerprint density at radius 2 is 1.30 bits per heavy atom. The minimum Gasteiger partial charge on any atom is -0.0882 e. The van der Waals surface area contributed by atoms with Crippen molar-refractivity contribution in [2.24, 2.45) is 11.8 Å². The van der Waals surface area contributed by atoms with E-state index in [1.165, 1.54) is 38.5 Å². The van der Waals surface area contributed by atoms with Crippen LogP contribution in [0.4, 0.5) is 0 Å². The summed E-state index contributed by atoms with van der Waals surface area (Å²) in [5.74, 6) is 2.14. The quantitative estimate of drug-likeness (QED) is 0.449. The number of rotatable bonds is 0. The first-order chi connectivity index (χ1) is 4.97. The molecule has 2 aliphatic carbocycles. The number of hydrogen-bond acceptors (Lipinski definition) is 0. The summed E-state index contributed by atoms with van der Waals surface area (Å²) >= 11 is 0. The van der Waals surface area contributed by atoms with E-state index < -0.39 is 0 Å². The predicted octanol–water partition coefficient (Wildman–Crippen LogP) is 3.14. The van der Waals surface area contributed by atoms with Crippen LogP contribution in [-0.4, -0.2) is 0 Å². The van der Waals surface area contributed by atoms with Gasteiger partial charge < -0.3 is 0 Å². The molecule has 1 saturated carbocycles. The number of hydrogen-bond donors (Lipinski definition) is 0. The standard InChI is InChI=1S/C10H16/c1-2-6-10-8-4-3-7-9(10)5-1/h1-2,9-10H,3-8H2/t9-,10+. The summed E-state index contributed by atoms with van der Waals surface area (Å²) in [6.07, 6.45) is 13.5. The van der Waals surface area contributed by atoms with E-state index in [0.717, 1.165) is 11.8 Å². The van der Waals surface area contributed by atoms with Crippen LogP contribution < -0.4 is 0 Å². The van der Waals surface area contributed by atoms with Gasteiger partial charge in [-0.05, 0) is 37.5 Å². The van der Waals surface area contributed by atoms with E-state index >= 15 is 0 Å². The van der Waals surface area contributed by atoms with Crippen LogP contribution in [0.15, 0.2) is 12.2 Å². The van der Waals surface area contributed by atoms with Crippen molar-refractivity contribution in [3.8, 4) is 0 Å². The van der Waals surface area contributed by atoms with Gasteiger partial charge in [0.15, 0.2) is 0 Å². The average molecular weight is 136 g/mol. The van der Waals surface area contributed by atoms with Gasteiger partial charge in [-0.3, -0.25) is 0 Å².